The van der Waals surface area contributed by atoms with Crippen LogP contribution in [0.2, 0.25) is 0 Å². The summed E-state index contributed by atoms with van der Waals surface area (Å²) in [6.45, 7) is 0.0527. The van der Waals surface area contributed by atoms with Gasteiger partial charge in [-0.3, -0.25) is 14.3 Å². The standard InChI is InChI=1S/C26H17BrN2O3/c27-18-11-13-20-21(14-18)23(17-7-2-1-3-8-17)24(26(31)32)29(25(20)30)15-19-12-10-16-6-4-5-9-22(16)28-19/h1-14H,15H2,(H,31,32). The van der Waals surface area contributed by atoms with Crippen LogP contribution in [0.25, 0.3) is 32.8 Å². The van der Waals surface area contributed by atoms with Crippen molar-refractivity contribution in [2.24, 2.45) is 0 Å². The van der Waals surface area contributed by atoms with Gasteiger partial charge in [0.05, 0.1) is 17.8 Å². The van der Waals surface area contributed by atoms with Gasteiger partial charge in [0, 0.05) is 20.8 Å². The lowest BCUT2D eigenvalue weighted by Gasteiger charge is -2.18. The van der Waals surface area contributed by atoms with Crippen molar-refractivity contribution in [1.82, 2.24) is 9.55 Å². The molecular formula is C26H17BrN2O3. The van der Waals surface area contributed by atoms with Gasteiger partial charge in [0.25, 0.3) is 5.56 Å². The minimum atomic E-state index is -1.16. The summed E-state index contributed by atoms with van der Waals surface area (Å²) in [5.41, 5.74) is 2.23. The summed E-state index contributed by atoms with van der Waals surface area (Å²) < 4.78 is 2.09. The molecule has 1 N–H and O–H groups in total. The Morgan fingerprint density at radius 3 is 2.44 bits per heavy atom. The lowest BCUT2D eigenvalue weighted by molar-refractivity contribution is 0.0685. The third-order valence-corrected chi connectivity index (χ3v) is 5.97. The second-order valence-corrected chi connectivity index (χ2v) is 8.39. The van der Waals surface area contributed by atoms with Crippen molar-refractivity contribution >= 4 is 43.6 Å². The molecule has 0 unspecified atom stereocenters. The molecule has 0 saturated heterocycles. The maximum atomic E-state index is 13.5. The average molecular weight is 485 g/mol. The van der Waals surface area contributed by atoms with Gasteiger partial charge in [-0.05, 0) is 41.3 Å². The number of pyridine rings is 2. The Morgan fingerprint density at radius 1 is 0.906 bits per heavy atom. The summed E-state index contributed by atoms with van der Waals surface area (Å²) in [7, 11) is 0. The van der Waals surface area contributed by atoms with E-state index in [1.165, 1.54) is 4.57 Å². The topological polar surface area (TPSA) is 72.2 Å². The zero-order chi connectivity index (χ0) is 22.2. The smallest absolute Gasteiger partial charge is 0.353 e. The number of para-hydroxylation sites is 1. The molecule has 2 heterocycles. The highest BCUT2D eigenvalue weighted by atomic mass is 79.9. The van der Waals surface area contributed by atoms with Crippen LogP contribution in [0.5, 0.6) is 0 Å². The summed E-state index contributed by atoms with van der Waals surface area (Å²) in [5, 5.41) is 12.3. The number of carboxylic acid groups (broad SMARTS) is 1. The Labute approximate surface area is 191 Å². The second-order valence-electron chi connectivity index (χ2n) is 7.47. The SMILES string of the molecule is O=C(O)c1c(-c2ccccc2)c2cc(Br)ccc2c(=O)n1Cc1ccc2ccccc2n1. The predicted octanol–water partition coefficient (Wildman–Crippen LogP) is 5.73. The van der Waals surface area contributed by atoms with Crippen LogP contribution in [-0.2, 0) is 6.54 Å². The number of rotatable bonds is 4. The van der Waals surface area contributed by atoms with E-state index in [0.29, 0.717) is 22.0 Å². The molecule has 0 radical (unpaired) electrons. The van der Waals surface area contributed by atoms with Gasteiger partial charge in [0.1, 0.15) is 5.69 Å². The summed E-state index contributed by atoms with van der Waals surface area (Å²) in [4.78, 5) is 30.6. The lowest BCUT2D eigenvalue weighted by atomic mass is 9.96. The highest BCUT2D eigenvalue weighted by Gasteiger charge is 2.23. The highest BCUT2D eigenvalue weighted by molar-refractivity contribution is 9.10. The van der Waals surface area contributed by atoms with E-state index < -0.39 is 5.97 Å². The minimum Gasteiger partial charge on any atom is -0.477 e. The molecule has 6 heteroatoms. The van der Waals surface area contributed by atoms with Crippen LogP contribution in [0, 0.1) is 0 Å². The van der Waals surface area contributed by atoms with Gasteiger partial charge in [-0.15, -0.1) is 0 Å². The van der Waals surface area contributed by atoms with Crippen molar-refractivity contribution in [3.05, 3.63) is 111 Å². The van der Waals surface area contributed by atoms with Gasteiger partial charge in [0.2, 0.25) is 0 Å². The van der Waals surface area contributed by atoms with Crippen molar-refractivity contribution in [3.8, 4) is 11.1 Å². The quantitative estimate of drug-likeness (QED) is 0.353. The van der Waals surface area contributed by atoms with Gasteiger partial charge in [-0.2, -0.15) is 0 Å². The monoisotopic (exact) mass is 484 g/mol. The van der Waals surface area contributed by atoms with Gasteiger partial charge in [-0.1, -0.05) is 70.5 Å². The third kappa shape index (κ3) is 3.48. The summed E-state index contributed by atoms with van der Waals surface area (Å²) in [5.74, 6) is -1.16. The fourth-order valence-electron chi connectivity index (χ4n) is 4.05. The Hall–Kier alpha value is -3.77. The van der Waals surface area contributed by atoms with Crippen molar-refractivity contribution in [2.75, 3.05) is 0 Å². The van der Waals surface area contributed by atoms with E-state index in [2.05, 4.69) is 20.9 Å². The Balaban J connectivity index is 1.83. The van der Waals surface area contributed by atoms with E-state index >= 15 is 0 Å². The van der Waals surface area contributed by atoms with Crippen LogP contribution < -0.4 is 5.56 Å². The van der Waals surface area contributed by atoms with Gasteiger partial charge in [0.15, 0.2) is 0 Å². The number of aromatic nitrogens is 2. The van der Waals surface area contributed by atoms with Crippen LogP contribution in [-0.4, -0.2) is 20.6 Å². The number of fused-ring (bicyclic) bond motifs is 2. The van der Waals surface area contributed by atoms with E-state index in [9.17, 15) is 14.7 Å². The van der Waals surface area contributed by atoms with E-state index in [1.807, 2.05) is 66.7 Å². The Bertz CT molecular complexity index is 1560. The number of carboxylic acids is 1. The maximum Gasteiger partial charge on any atom is 0.353 e. The molecule has 0 aliphatic carbocycles. The molecule has 0 aliphatic heterocycles. The number of hydrogen-bond acceptors (Lipinski definition) is 3. The zero-order valence-electron chi connectivity index (χ0n) is 16.8. The van der Waals surface area contributed by atoms with E-state index in [0.717, 1.165) is 20.9 Å². The van der Waals surface area contributed by atoms with Crippen LogP contribution in [0.4, 0.5) is 0 Å². The fourth-order valence-corrected chi connectivity index (χ4v) is 4.41. The fraction of sp³-hybridized carbons (Fsp3) is 0.0385. The van der Waals surface area contributed by atoms with Crippen LogP contribution >= 0.6 is 15.9 Å². The van der Waals surface area contributed by atoms with Crippen molar-refractivity contribution in [2.45, 2.75) is 6.54 Å². The first-order valence-corrected chi connectivity index (χ1v) is 10.8. The number of nitrogens with zero attached hydrogens (tertiary/aromatic N) is 2. The lowest BCUT2D eigenvalue weighted by Crippen LogP contribution is -2.28. The van der Waals surface area contributed by atoms with Crippen LogP contribution in [0.15, 0.2) is 94.2 Å². The van der Waals surface area contributed by atoms with Gasteiger partial charge < -0.3 is 5.11 Å². The average Bonchev–Trinajstić information content (AvgIpc) is 2.80. The molecular weight excluding hydrogens is 468 g/mol. The predicted molar refractivity (Wildman–Crippen MR) is 129 cm³/mol. The minimum absolute atomic E-state index is 0.0527. The molecule has 0 fully saturated rings. The van der Waals surface area contributed by atoms with E-state index in [1.54, 1.807) is 18.2 Å². The Kier molecular flexibility index (Phi) is 5.07. The van der Waals surface area contributed by atoms with Crippen LogP contribution in [0.1, 0.15) is 16.2 Å². The molecule has 3 aromatic carbocycles. The first-order valence-electron chi connectivity index (χ1n) is 10.0. The molecule has 5 rings (SSSR count). The van der Waals surface area contributed by atoms with Crippen molar-refractivity contribution in [1.29, 1.82) is 0 Å². The van der Waals surface area contributed by atoms with E-state index in [-0.39, 0.29) is 17.8 Å². The van der Waals surface area contributed by atoms with Crippen LogP contribution in [0.3, 0.4) is 0 Å². The van der Waals surface area contributed by atoms with Crippen molar-refractivity contribution < 1.29 is 9.90 Å². The first kappa shape index (κ1) is 20.2. The number of hydrogen-bond donors (Lipinski definition) is 1. The largest absolute Gasteiger partial charge is 0.477 e. The summed E-state index contributed by atoms with van der Waals surface area (Å²) >= 11 is 3.45. The maximum absolute atomic E-state index is 13.5. The van der Waals surface area contributed by atoms with Crippen molar-refractivity contribution in [3.63, 3.8) is 0 Å². The highest BCUT2D eigenvalue weighted by Crippen LogP contribution is 2.32. The summed E-state index contributed by atoms with van der Waals surface area (Å²) in [6, 6.07) is 26.0. The molecule has 0 aliphatic rings. The molecule has 5 nitrogen and oxygen atoms in total. The Morgan fingerprint density at radius 2 is 1.66 bits per heavy atom. The number of carbonyl (C=O) groups is 1. The number of benzene rings is 3. The molecule has 0 bridgehead atoms. The molecule has 0 atom stereocenters. The number of aromatic carboxylic acids is 1. The first-order chi connectivity index (χ1) is 15.5. The van der Waals surface area contributed by atoms with E-state index in [4.69, 9.17) is 0 Å². The second kappa shape index (κ2) is 8.05. The normalized spacial score (nSPS) is 11.2. The molecule has 0 saturated carbocycles. The molecule has 156 valence electrons. The zero-order valence-corrected chi connectivity index (χ0v) is 18.4. The molecule has 0 spiro atoms. The molecule has 0 amide bonds. The van der Waals surface area contributed by atoms with Gasteiger partial charge in [-0.25, -0.2) is 4.79 Å². The molecule has 2 aromatic heterocycles. The molecule has 5 aromatic rings. The third-order valence-electron chi connectivity index (χ3n) is 5.47. The summed E-state index contributed by atoms with van der Waals surface area (Å²) in [6.07, 6.45) is 0. The molecule has 32 heavy (non-hydrogen) atoms. The van der Waals surface area contributed by atoms with Gasteiger partial charge >= 0.3 is 5.97 Å². The number of halogens is 1.